The summed E-state index contributed by atoms with van der Waals surface area (Å²) in [5.74, 6) is 0. The Kier molecular flexibility index (Phi) is 4.60. The van der Waals surface area contributed by atoms with Gasteiger partial charge in [-0.1, -0.05) is 43.3 Å². The summed E-state index contributed by atoms with van der Waals surface area (Å²) in [5, 5.41) is 2.70. The van der Waals surface area contributed by atoms with Crippen LogP contribution in [0.4, 0.5) is 0 Å². The van der Waals surface area contributed by atoms with Gasteiger partial charge in [0.15, 0.2) is 0 Å². The van der Waals surface area contributed by atoms with Crippen LogP contribution >= 0.6 is 11.3 Å². The van der Waals surface area contributed by atoms with Gasteiger partial charge in [0.25, 0.3) is 0 Å². The summed E-state index contributed by atoms with van der Waals surface area (Å²) in [4.78, 5) is 5.10. The number of unbranched alkanes of at least 4 members (excludes halogenated alkanes) is 1. The van der Waals surface area contributed by atoms with Crippen molar-refractivity contribution in [3.8, 4) is 10.6 Å². The zero-order valence-electron chi connectivity index (χ0n) is 14.6. The van der Waals surface area contributed by atoms with E-state index in [4.69, 9.17) is 5.73 Å². The van der Waals surface area contributed by atoms with E-state index in [9.17, 15) is 0 Å². The first-order valence-corrected chi connectivity index (χ1v) is 9.95. The molecule has 128 valence electrons. The maximum absolute atomic E-state index is 5.72. The van der Waals surface area contributed by atoms with Crippen molar-refractivity contribution in [2.24, 2.45) is 5.73 Å². The van der Waals surface area contributed by atoms with Crippen LogP contribution in [-0.2, 0) is 12.8 Å². The molecule has 4 rings (SSSR count). The molecular formula is C22H24N2S. The summed E-state index contributed by atoms with van der Waals surface area (Å²) < 4.78 is 1.35. The molecule has 2 nitrogen and oxygen atoms in total. The Hall–Kier alpha value is -2.10. The Morgan fingerprint density at radius 2 is 1.92 bits per heavy atom. The van der Waals surface area contributed by atoms with E-state index in [1.165, 1.54) is 42.7 Å². The van der Waals surface area contributed by atoms with E-state index >= 15 is 0 Å². The highest BCUT2D eigenvalue weighted by atomic mass is 32.1. The minimum Gasteiger partial charge on any atom is -0.353 e. The van der Waals surface area contributed by atoms with Crippen molar-refractivity contribution in [3.05, 3.63) is 59.7 Å². The van der Waals surface area contributed by atoms with Crippen LogP contribution in [0, 0.1) is 0 Å². The SMILES string of the molecule is CCc1cccc2c(CCCCN)c(-c3cc4ccccc4s3)[nH]c12. The Bertz CT molecular complexity index is 976. The summed E-state index contributed by atoms with van der Waals surface area (Å²) in [6.45, 7) is 2.99. The van der Waals surface area contributed by atoms with E-state index in [0.29, 0.717) is 0 Å². The zero-order valence-corrected chi connectivity index (χ0v) is 15.5. The molecule has 0 spiro atoms. The first-order chi connectivity index (χ1) is 12.3. The van der Waals surface area contributed by atoms with Gasteiger partial charge in [-0.3, -0.25) is 0 Å². The van der Waals surface area contributed by atoms with Gasteiger partial charge in [0.05, 0.1) is 10.6 Å². The maximum atomic E-state index is 5.72. The molecular weight excluding hydrogens is 324 g/mol. The van der Waals surface area contributed by atoms with E-state index in [1.807, 2.05) is 11.3 Å². The van der Waals surface area contributed by atoms with Crippen LogP contribution in [0.5, 0.6) is 0 Å². The van der Waals surface area contributed by atoms with Gasteiger partial charge < -0.3 is 10.7 Å². The van der Waals surface area contributed by atoms with Crippen molar-refractivity contribution in [2.75, 3.05) is 6.54 Å². The second-order valence-corrected chi connectivity index (χ2v) is 7.65. The second-order valence-electron chi connectivity index (χ2n) is 6.57. The van der Waals surface area contributed by atoms with Crippen molar-refractivity contribution in [2.45, 2.75) is 32.6 Å². The number of aryl methyl sites for hydroxylation is 2. The number of para-hydroxylation sites is 1. The van der Waals surface area contributed by atoms with Gasteiger partial charge in [-0.15, -0.1) is 11.3 Å². The van der Waals surface area contributed by atoms with E-state index in [2.05, 4.69) is 60.4 Å². The highest BCUT2D eigenvalue weighted by molar-refractivity contribution is 7.22. The van der Waals surface area contributed by atoms with E-state index in [0.717, 1.165) is 32.2 Å². The van der Waals surface area contributed by atoms with Crippen LogP contribution in [0.15, 0.2) is 48.5 Å². The fourth-order valence-electron chi connectivity index (χ4n) is 3.65. The minimum atomic E-state index is 0.765. The summed E-state index contributed by atoms with van der Waals surface area (Å²) in [5.41, 5.74) is 11.2. The van der Waals surface area contributed by atoms with Crippen molar-refractivity contribution >= 4 is 32.3 Å². The lowest BCUT2D eigenvalue weighted by molar-refractivity contribution is 0.748. The van der Waals surface area contributed by atoms with Crippen LogP contribution in [0.25, 0.3) is 31.6 Å². The van der Waals surface area contributed by atoms with Crippen LogP contribution < -0.4 is 5.73 Å². The highest BCUT2D eigenvalue weighted by Crippen LogP contribution is 2.39. The lowest BCUT2D eigenvalue weighted by atomic mass is 10.0. The first kappa shape index (κ1) is 16.4. The van der Waals surface area contributed by atoms with Gasteiger partial charge in [-0.25, -0.2) is 0 Å². The molecule has 0 aliphatic carbocycles. The van der Waals surface area contributed by atoms with Crippen molar-refractivity contribution in [1.29, 1.82) is 0 Å². The zero-order chi connectivity index (χ0) is 17.2. The number of aromatic nitrogens is 1. The standard InChI is InChI=1S/C22H24N2S/c1-2-15-9-7-11-17-18(10-5-6-13-23)22(24-21(15)17)20-14-16-8-3-4-12-19(16)25-20/h3-4,7-9,11-12,14,24H,2,5-6,10,13,23H2,1H3. The van der Waals surface area contributed by atoms with Crippen LogP contribution in [-0.4, -0.2) is 11.5 Å². The molecule has 0 radical (unpaired) electrons. The van der Waals surface area contributed by atoms with Gasteiger partial charge in [0, 0.05) is 15.6 Å². The largest absolute Gasteiger partial charge is 0.353 e. The molecule has 0 unspecified atom stereocenters. The number of fused-ring (bicyclic) bond motifs is 2. The molecule has 0 saturated heterocycles. The molecule has 0 bridgehead atoms. The second kappa shape index (κ2) is 7.03. The van der Waals surface area contributed by atoms with Gasteiger partial charge >= 0.3 is 0 Å². The number of rotatable bonds is 6. The molecule has 3 heteroatoms. The summed E-state index contributed by atoms with van der Waals surface area (Å²) in [6, 6.07) is 17.6. The van der Waals surface area contributed by atoms with Crippen molar-refractivity contribution in [1.82, 2.24) is 4.98 Å². The monoisotopic (exact) mass is 348 g/mol. The number of hydrogen-bond acceptors (Lipinski definition) is 2. The minimum absolute atomic E-state index is 0.765. The molecule has 2 aromatic carbocycles. The average molecular weight is 349 g/mol. The number of hydrogen-bond donors (Lipinski definition) is 2. The number of benzene rings is 2. The predicted molar refractivity (Wildman–Crippen MR) is 110 cm³/mol. The molecule has 4 aromatic rings. The Labute approximate surface area is 152 Å². The molecule has 2 heterocycles. The number of nitrogens with two attached hydrogens (primary N) is 1. The van der Waals surface area contributed by atoms with Gasteiger partial charge in [0.2, 0.25) is 0 Å². The molecule has 0 saturated carbocycles. The van der Waals surface area contributed by atoms with Gasteiger partial charge in [-0.05, 0) is 60.9 Å². The summed E-state index contributed by atoms with van der Waals surface area (Å²) in [6.07, 6.45) is 4.34. The average Bonchev–Trinajstić information content (AvgIpc) is 3.23. The molecule has 25 heavy (non-hydrogen) atoms. The lowest BCUT2D eigenvalue weighted by Crippen LogP contribution is -1.99. The normalized spacial score (nSPS) is 11.6. The lowest BCUT2D eigenvalue weighted by Gasteiger charge is -2.03. The smallest absolute Gasteiger partial charge is 0.0599 e. The predicted octanol–water partition coefficient (Wildman–Crippen LogP) is 5.89. The fourth-order valence-corrected chi connectivity index (χ4v) is 4.74. The Balaban J connectivity index is 1.89. The van der Waals surface area contributed by atoms with Crippen LogP contribution in [0.2, 0.25) is 0 Å². The topological polar surface area (TPSA) is 41.8 Å². The third-order valence-electron chi connectivity index (χ3n) is 4.96. The van der Waals surface area contributed by atoms with Crippen LogP contribution in [0.3, 0.4) is 0 Å². The Morgan fingerprint density at radius 3 is 2.72 bits per heavy atom. The van der Waals surface area contributed by atoms with Crippen LogP contribution in [0.1, 0.15) is 30.9 Å². The molecule has 0 aliphatic rings. The first-order valence-electron chi connectivity index (χ1n) is 9.13. The number of nitrogens with one attached hydrogen (secondary N) is 1. The van der Waals surface area contributed by atoms with Gasteiger partial charge in [-0.2, -0.15) is 0 Å². The van der Waals surface area contributed by atoms with E-state index in [1.54, 1.807) is 0 Å². The number of thiophene rings is 1. The third-order valence-corrected chi connectivity index (χ3v) is 6.09. The Morgan fingerprint density at radius 1 is 1.04 bits per heavy atom. The highest BCUT2D eigenvalue weighted by Gasteiger charge is 2.16. The van der Waals surface area contributed by atoms with E-state index in [-0.39, 0.29) is 0 Å². The molecule has 0 fully saturated rings. The summed E-state index contributed by atoms with van der Waals surface area (Å²) >= 11 is 1.88. The third kappa shape index (κ3) is 2.99. The molecule has 0 aliphatic heterocycles. The molecule has 0 amide bonds. The number of aromatic amines is 1. The molecule has 3 N–H and O–H groups in total. The number of H-pyrrole nitrogens is 1. The molecule has 2 aromatic heterocycles. The van der Waals surface area contributed by atoms with E-state index < -0.39 is 0 Å². The van der Waals surface area contributed by atoms with Crippen molar-refractivity contribution in [3.63, 3.8) is 0 Å². The fraction of sp³-hybridized carbons (Fsp3) is 0.273. The quantitative estimate of drug-likeness (QED) is 0.419. The van der Waals surface area contributed by atoms with Gasteiger partial charge in [0.1, 0.15) is 0 Å². The summed E-state index contributed by atoms with van der Waals surface area (Å²) in [7, 11) is 0. The maximum Gasteiger partial charge on any atom is 0.0599 e. The molecule has 0 atom stereocenters. The van der Waals surface area contributed by atoms with Crippen molar-refractivity contribution < 1.29 is 0 Å².